The van der Waals surface area contributed by atoms with Crippen LogP contribution in [0.5, 0.6) is 0 Å². The largest absolute Gasteiger partial charge is 0.378 e. The lowest BCUT2D eigenvalue weighted by Crippen LogP contribution is -2.37. The van der Waals surface area contributed by atoms with Crippen molar-refractivity contribution < 1.29 is 14.7 Å². The molecule has 1 fully saturated rings. The van der Waals surface area contributed by atoms with Crippen molar-refractivity contribution in [1.82, 2.24) is 15.4 Å². The summed E-state index contributed by atoms with van der Waals surface area (Å²) in [5.41, 5.74) is 2.97. The molecule has 2 aromatic rings. The summed E-state index contributed by atoms with van der Waals surface area (Å²) in [7, 11) is 0. The Morgan fingerprint density at radius 3 is 2.62 bits per heavy atom. The summed E-state index contributed by atoms with van der Waals surface area (Å²) in [6.07, 6.45) is -0.0308. The van der Waals surface area contributed by atoms with E-state index in [0.29, 0.717) is 29.8 Å². The summed E-state index contributed by atoms with van der Waals surface area (Å²) < 4.78 is 5.36. The average molecular weight is 349 g/mol. The van der Waals surface area contributed by atoms with E-state index in [2.05, 4.69) is 14.9 Å². The van der Waals surface area contributed by atoms with Gasteiger partial charge in [-0.3, -0.25) is 10.0 Å². The zero-order valence-electron chi connectivity index (χ0n) is 12.9. The third-order valence-corrected chi connectivity index (χ3v) is 3.92. The Morgan fingerprint density at radius 2 is 1.96 bits per heavy atom. The van der Waals surface area contributed by atoms with Gasteiger partial charge in [-0.1, -0.05) is 11.6 Å². The molecule has 7 nitrogen and oxygen atoms in total. The van der Waals surface area contributed by atoms with Crippen molar-refractivity contribution >= 4 is 23.3 Å². The number of hydroxylamine groups is 1. The Bertz CT molecular complexity index is 718. The third-order valence-electron chi connectivity index (χ3n) is 3.67. The topological polar surface area (TPSA) is 87.6 Å². The number of aromatic nitrogens is 2. The first kappa shape index (κ1) is 16.6. The Balaban J connectivity index is 1.98. The summed E-state index contributed by atoms with van der Waals surface area (Å²) >= 11 is 5.93. The van der Waals surface area contributed by atoms with Crippen molar-refractivity contribution in [3.05, 3.63) is 41.0 Å². The molecule has 1 amide bonds. The zero-order valence-corrected chi connectivity index (χ0v) is 13.7. The van der Waals surface area contributed by atoms with E-state index in [1.807, 2.05) is 12.1 Å². The van der Waals surface area contributed by atoms with Gasteiger partial charge in [0.25, 0.3) is 0 Å². The molecular weight excluding hydrogens is 332 g/mol. The van der Waals surface area contributed by atoms with Crippen LogP contribution in [-0.2, 0) is 16.0 Å². The van der Waals surface area contributed by atoms with Crippen LogP contribution >= 0.6 is 11.6 Å². The Kier molecular flexibility index (Phi) is 5.24. The van der Waals surface area contributed by atoms with E-state index < -0.39 is 5.91 Å². The van der Waals surface area contributed by atoms with Gasteiger partial charge in [-0.2, -0.15) is 0 Å². The average Bonchev–Trinajstić information content (AvgIpc) is 2.62. The monoisotopic (exact) mass is 348 g/mol. The number of morpholine rings is 1. The van der Waals surface area contributed by atoms with Crippen LogP contribution in [0.4, 0.5) is 5.82 Å². The summed E-state index contributed by atoms with van der Waals surface area (Å²) in [6.45, 7) is 2.71. The fourth-order valence-electron chi connectivity index (χ4n) is 2.46. The van der Waals surface area contributed by atoms with Crippen LogP contribution in [0.15, 0.2) is 30.3 Å². The molecule has 0 unspecified atom stereocenters. The Hall–Kier alpha value is -2.22. The van der Waals surface area contributed by atoms with Gasteiger partial charge in [0.1, 0.15) is 5.82 Å². The van der Waals surface area contributed by atoms with Gasteiger partial charge in [-0.15, -0.1) is 0 Å². The van der Waals surface area contributed by atoms with E-state index in [9.17, 15) is 4.79 Å². The smallest absolute Gasteiger partial charge is 0.249 e. The SMILES string of the molecule is O=C(Cc1cc(N2CCOCC2)nc(-c2ccc(Cl)cc2)n1)NO. The van der Waals surface area contributed by atoms with Crippen molar-refractivity contribution in [2.75, 3.05) is 31.2 Å². The van der Waals surface area contributed by atoms with E-state index in [4.69, 9.17) is 21.5 Å². The minimum atomic E-state index is -0.524. The lowest BCUT2D eigenvalue weighted by Gasteiger charge is -2.28. The summed E-state index contributed by atoms with van der Waals surface area (Å²) in [5.74, 6) is 0.721. The number of nitrogens with one attached hydrogen (secondary N) is 1. The molecule has 0 saturated carbocycles. The maximum Gasteiger partial charge on any atom is 0.249 e. The Labute approximate surface area is 144 Å². The number of ether oxygens (including phenoxy) is 1. The van der Waals surface area contributed by atoms with Crippen LogP contribution in [0.25, 0.3) is 11.4 Å². The van der Waals surface area contributed by atoms with Crippen molar-refractivity contribution in [3.63, 3.8) is 0 Å². The number of hydrogen-bond acceptors (Lipinski definition) is 6. The van der Waals surface area contributed by atoms with Crippen LogP contribution < -0.4 is 10.4 Å². The molecule has 0 bridgehead atoms. The lowest BCUT2D eigenvalue weighted by atomic mass is 10.2. The quantitative estimate of drug-likeness (QED) is 0.645. The first-order chi connectivity index (χ1) is 11.7. The maximum absolute atomic E-state index is 11.5. The predicted molar refractivity (Wildman–Crippen MR) is 89.1 cm³/mol. The number of amides is 1. The number of hydrogen-bond donors (Lipinski definition) is 2. The van der Waals surface area contributed by atoms with Crippen molar-refractivity contribution in [2.24, 2.45) is 0 Å². The number of halogens is 1. The number of carbonyl (C=O) groups excluding carboxylic acids is 1. The number of carbonyl (C=O) groups is 1. The van der Waals surface area contributed by atoms with E-state index in [-0.39, 0.29) is 6.42 Å². The fraction of sp³-hybridized carbons (Fsp3) is 0.312. The van der Waals surface area contributed by atoms with Crippen LogP contribution in [0.3, 0.4) is 0 Å². The molecule has 0 atom stereocenters. The molecule has 8 heteroatoms. The molecule has 1 saturated heterocycles. The number of nitrogens with zero attached hydrogens (tertiary/aromatic N) is 3. The minimum absolute atomic E-state index is 0.0308. The van der Waals surface area contributed by atoms with Crippen LogP contribution in [0, 0.1) is 0 Å². The lowest BCUT2D eigenvalue weighted by molar-refractivity contribution is -0.128. The number of benzene rings is 1. The summed E-state index contributed by atoms with van der Waals surface area (Å²) in [6, 6.07) is 8.96. The van der Waals surface area contributed by atoms with E-state index >= 15 is 0 Å². The van der Waals surface area contributed by atoms with Gasteiger partial charge < -0.3 is 9.64 Å². The van der Waals surface area contributed by atoms with Gasteiger partial charge >= 0.3 is 0 Å². The van der Waals surface area contributed by atoms with Crippen LogP contribution in [-0.4, -0.2) is 47.4 Å². The molecule has 2 heterocycles. The summed E-state index contributed by atoms with van der Waals surface area (Å²) in [5, 5.41) is 9.37. The van der Waals surface area contributed by atoms with Gasteiger partial charge in [-0.25, -0.2) is 15.4 Å². The van der Waals surface area contributed by atoms with Crippen LogP contribution in [0.1, 0.15) is 5.69 Å². The van der Waals surface area contributed by atoms with E-state index in [1.54, 1.807) is 23.7 Å². The fourth-order valence-corrected chi connectivity index (χ4v) is 2.59. The van der Waals surface area contributed by atoms with Crippen molar-refractivity contribution in [1.29, 1.82) is 0 Å². The molecule has 0 radical (unpaired) electrons. The highest BCUT2D eigenvalue weighted by Gasteiger charge is 2.16. The third kappa shape index (κ3) is 4.00. The van der Waals surface area contributed by atoms with Gasteiger partial charge in [0.15, 0.2) is 5.82 Å². The molecule has 0 spiro atoms. The minimum Gasteiger partial charge on any atom is -0.378 e. The second kappa shape index (κ2) is 7.57. The van der Waals surface area contributed by atoms with Crippen LogP contribution in [0.2, 0.25) is 5.02 Å². The number of anilines is 1. The molecule has 24 heavy (non-hydrogen) atoms. The second-order valence-corrected chi connectivity index (χ2v) is 5.80. The van der Waals surface area contributed by atoms with Crippen molar-refractivity contribution in [3.8, 4) is 11.4 Å². The molecule has 1 aliphatic rings. The first-order valence-corrected chi connectivity index (χ1v) is 7.93. The van der Waals surface area contributed by atoms with E-state index in [0.717, 1.165) is 24.5 Å². The maximum atomic E-state index is 11.5. The van der Waals surface area contributed by atoms with Crippen molar-refractivity contribution in [2.45, 2.75) is 6.42 Å². The van der Waals surface area contributed by atoms with Gasteiger partial charge in [0.05, 0.1) is 25.3 Å². The summed E-state index contributed by atoms with van der Waals surface area (Å²) in [4.78, 5) is 22.6. The predicted octanol–water partition coefficient (Wildman–Crippen LogP) is 1.68. The second-order valence-electron chi connectivity index (χ2n) is 5.36. The highest BCUT2D eigenvalue weighted by molar-refractivity contribution is 6.30. The standard InChI is InChI=1S/C16H17ClN4O3/c17-12-3-1-11(2-4-12)16-18-13(10-15(22)20-23)9-14(19-16)21-5-7-24-8-6-21/h1-4,9,23H,5-8,10H2,(H,20,22). The molecule has 126 valence electrons. The molecule has 1 aromatic carbocycles. The highest BCUT2D eigenvalue weighted by Crippen LogP contribution is 2.23. The van der Waals surface area contributed by atoms with Gasteiger partial charge in [0, 0.05) is 29.7 Å². The molecule has 1 aromatic heterocycles. The molecule has 1 aliphatic heterocycles. The molecule has 3 rings (SSSR count). The van der Waals surface area contributed by atoms with Gasteiger partial charge in [0.2, 0.25) is 5.91 Å². The zero-order chi connectivity index (χ0) is 16.9. The highest BCUT2D eigenvalue weighted by atomic mass is 35.5. The molecule has 2 N–H and O–H groups in total. The molecular formula is C16H17ClN4O3. The normalized spacial score (nSPS) is 14.5. The molecule has 0 aliphatic carbocycles. The Morgan fingerprint density at radius 1 is 1.25 bits per heavy atom. The first-order valence-electron chi connectivity index (χ1n) is 7.55. The van der Waals surface area contributed by atoms with E-state index in [1.165, 1.54) is 0 Å². The number of rotatable bonds is 4. The van der Waals surface area contributed by atoms with Gasteiger partial charge in [-0.05, 0) is 24.3 Å².